The summed E-state index contributed by atoms with van der Waals surface area (Å²) in [4.78, 5) is 37.3. The fraction of sp³-hybridized carbons (Fsp3) is 0.348. The quantitative estimate of drug-likeness (QED) is 0.616. The van der Waals surface area contributed by atoms with Crippen molar-refractivity contribution in [2.24, 2.45) is 5.92 Å². The van der Waals surface area contributed by atoms with Crippen molar-refractivity contribution >= 4 is 23.5 Å². The van der Waals surface area contributed by atoms with Gasteiger partial charge in [0.15, 0.2) is 6.61 Å². The van der Waals surface area contributed by atoms with E-state index in [0.29, 0.717) is 23.6 Å². The van der Waals surface area contributed by atoms with Crippen LogP contribution in [-0.4, -0.2) is 37.0 Å². The molecule has 2 aromatic carbocycles. The highest BCUT2D eigenvalue weighted by atomic mass is 16.5. The number of anilines is 1. The summed E-state index contributed by atoms with van der Waals surface area (Å²) in [6, 6.07) is 13.2. The molecule has 0 radical (unpaired) electrons. The molecule has 1 atom stereocenters. The molecule has 7 nitrogen and oxygen atoms in total. The second-order valence-electron chi connectivity index (χ2n) is 7.15. The molecule has 0 saturated heterocycles. The first-order valence-electron chi connectivity index (χ1n) is 9.87. The van der Waals surface area contributed by atoms with Crippen molar-refractivity contribution in [3.05, 3.63) is 59.7 Å². The molecule has 0 fully saturated rings. The van der Waals surface area contributed by atoms with Gasteiger partial charge >= 0.3 is 5.97 Å². The third-order valence-corrected chi connectivity index (χ3v) is 4.32. The Bertz CT molecular complexity index is 877. The predicted octanol–water partition coefficient (Wildman–Crippen LogP) is 3.33. The van der Waals surface area contributed by atoms with E-state index in [2.05, 4.69) is 10.6 Å². The summed E-state index contributed by atoms with van der Waals surface area (Å²) in [5, 5.41) is 5.35. The highest BCUT2D eigenvalue weighted by Gasteiger charge is 2.27. The highest BCUT2D eigenvalue weighted by molar-refractivity contribution is 5.99. The number of rotatable bonds is 9. The molecule has 160 valence electrons. The van der Waals surface area contributed by atoms with Crippen LogP contribution in [-0.2, 0) is 14.3 Å². The summed E-state index contributed by atoms with van der Waals surface area (Å²) in [5.74, 6) is -1.38. The van der Waals surface area contributed by atoms with Crippen molar-refractivity contribution in [1.29, 1.82) is 0 Å². The average molecular weight is 412 g/mol. The van der Waals surface area contributed by atoms with E-state index >= 15 is 0 Å². The number of benzene rings is 2. The first-order chi connectivity index (χ1) is 14.3. The van der Waals surface area contributed by atoms with Gasteiger partial charge in [0.05, 0.1) is 12.2 Å². The molecule has 0 aliphatic heterocycles. The number of para-hydroxylation sites is 1. The minimum absolute atomic E-state index is 0.235. The van der Waals surface area contributed by atoms with E-state index in [-0.39, 0.29) is 5.92 Å². The van der Waals surface area contributed by atoms with Crippen LogP contribution in [0.2, 0.25) is 0 Å². The van der Waals surface area contributed by atoms with Crippen LogP contribution in [0.15, 0.2) is 48.5 Å². The number of aryl methyl sites for hydroxylation is 1. The molecular formula is C23H28N2O5. The van der Waals surface area contributed by atoms with Crippen LogP contribution in [0.3, 0.4) is 0 Å². The Morgan fingerprint density at radius 2 is 1.67 bits per heavy atom. The Morgan fingerprint density at radius 3 is 2.30 bits per heavy atom. The summed E-state index contributed by atoms with van der Waals surface area (Å²) in [5.41, 5.74) is 2.01. The van der Waals surface area contributed by atoms with Crippen LogP contribution in [0, 0.1) is 12.8 Å². The van der Waals surface area contributed by atoms with Gasteiger partial charge in [-0.3, -0.25) is 9.59 Å². The number of carbonyl (C=O) groups is 3. The Kier molecular flexibility index (Phi) is 8.41. The zero-order valence-corrected chi connectivity index (χ0v) is 17.7. The van der Waals surface area contributed by atoms with Gasteiger partial charge in [0.25, 0.3) is 11.8 Å². The maximum absolute atomic E-state index is 12.7. The fourth-order valence-electron chi connectivity index (χ4n) is 2.71. The van der Waals surface area contributed by atoms with Gasteiger partial charge < -0.3 is 20.1 Å². The number of ether oxygens (including phenoxy) is 2. The molecule has 0 unspecified atom stereocenters. The molecule has 0 spiro atoms. The number of hydrogen-bond donors (Lipinski definition) is 2. The second kappa shape index (κ2) is 11.0. The third kappa shape index (κ3) is 6.62. The van der Waals surface area contributed by atoms with Crippen LogP contribution < -0.4 is 15.4 Å². The minimum atomic E-state index is -0.903. The molecule has 0 bridgehead atoms. The van der Waals surface area contributed by atoms with Gasteiger partial charge in [0.1, 0.15) is 11.8 Å². The zero-order valence-electron chi connectivity index (χ0n) is 17.7. The monoisotopic (exact) mass is 412 g/mol. The number of amides is 2. The summed E-state index contributed by atoms with van der Waals surface area (Å²) in [6.07, 6.45) is 0. The Hall–Kier alpha value is -3.35. The van der Waals surface area contributed by atoms with E-state index in [1.54, 1.807) is 50.2 Å². The molecule has 2 N–H and O–H groups in total. The van der Waals surface area contributed by atoms with Crippen molar-refractivity contribution in [2.45, 2.75) is 33.7 Å². The lowest BCUT2D eigenvalue weighted by molar-refractivity contribution is -0.150. The fourth-order valence-corrected chi connectivity index (χ4v) is 2.71. The molecule has 7 heteroatoms. The predicted molar refractivity (Wildman–Crippen MR) is 114 cm³/mol. The maximum Gasteiger partial charge on any atom is 0.329 e. The van der Waals surface area contributed by atoms with Crippen molar-refractivity contribution in [3.8, 4) is 5.75 Å². The zero-order chi connectivity index (χ0) is 22.1. The van der Waals surface area contributed by atoms with Gasteiger partial charge in [0, 0.05) is 5.69 Å². The molecule has 0 saturated carbocycles. The summed E-state index contributed by atoms with van der Waals surface area (Å²) < 4.78 is 10.6. The lowest BCUT2D eigenvalue weighted by Crippen LogP contribution is -2.46. The topological polar surface area (TPSA) is 93.7 Å². The van der Waals surface area contributed by atoms with E-state index in [0.717, 1.165) is 5.56 Å². The van der Waals surface area contributed by atoms with Crippen molar-refractivity contribution < 1.29 is 23.9 Å². The SMILES string of the molecule is CCOc1ccccc1C(=O)N[C@H](C(=O)OCC(=O)Nc1ccc(C)cc1)C(C)C. The van der Waals surface area contributed by atoms with E-state index < -0.39 is 30.4 Å². The Balaban J connectivity index is 1.96. The van der Waals surface area contributed by atoms with Gasteiger partial charge in [-0.15, -0.1) is 0 Å². The van der Waals surface area contributed by atoms with Gasteiger partial charge in [-0.2, -0.15) is 0 Å². The van der Waals surface area contributed by atoms with E-state index in [1.165, 1.54) is 0 Å². The van der Waals surface area contributed by atoms with Gasteiger partial charge in [-0.25, -0.2) is 4.79 Å². The van der Waals surface area contributed by atoms with Gasteiger partial charge in [0.2, 0.25) is 0 Å². The first-order valence-corrected chi connectivity index (χ1v) is 9.87. The second-order valence-corrected chi connectivity index (χ2v) is 7.15. The standard InChI is InChI=1S/C23H28N2O5/c1-5-29-19-9-7-6-8-18(19)22(27)25-21(15(2)3)23(28)30-14-20(26)24-17-12-10-16(4)11-13-17/h6-13,15,21H,5,14H2,1-4H3,(H,24,26)(H,25,27)/t21-/m0/s1. The lowest BCUT2D eigenvalue weighted by atomic mass is 10.0. The van der Waals surface area contributed by atoms with E-state index in [4.69, 9.17) is 9.47 Å². The van der Waals surface area contributed by atoms with Gasteiger partial charge in [-0.05, 0) is 44.0 Å². The summed E-state index contributed by atoms with van der Waals surface area (Å²) >= 11 is 0. The van der Waals surface area contributed by atoms with Gasteiger partial charge in [-0.1, -0.05) is 43.7 Å². The van der Waals surface area contributed by atoms with Crippen LogP contribution >= 0.6 is 0 Å². The average Bonchev–Trinajstić information content (AvgIpc) is 2.72. The summed E-state index contributed by atoms with van der Waals surface area (Å²) in [6.45, 7) is 7.31. The third-order valence-electron chi connectivity index (χ3n) is 4.32. The van der Waals surface area contributed by atoms with Crippen molar-refractivity contribution in [2.75, 3.05) is 18.5 Å². The number of hydrogen-bond acceptors (Lipinski definition) is 5. The molecule has 0 heterocycles. The molecule has 30 heavy (non-hydrogen) atoms. The number of nitrogens with one attached hydrogen (secondary N) is 2. The first kappa shape index (κ1) is 22.9. The summed E-state index contributed by atoms with van der Waals surface area (Å²) in [7, 11) is 0. The molecular weight excluding hydrogens is 384 g/mol. The smallest absolute Gasteiger partial charge is 0.329 e. The Morgan fingerprint density at radius 1 is 1.00 bits per heavy atom. The van der Waals surface area contributed by atoms with Crippen LogP contribution in [0.1, 0.15) is 36.7 Å². The van der Waals surface area contributed by atoms with Crippen LogP contribution in [0.25, 0.3) is 0 Å². The van der Waals surface area contributed by atoms with E-state index in [1.807, 2.05) is 26.0 Å². The normalized spacial score (nSPS) is 11.5. The number of esters is 1. The largest absolute Gasteiger partial charge is 0.493 e. The van der Waals surface area contributed by atoms with Crippen molar-refractivity contribution in [1.82, 2.24) is 5.32 Å². The lowest BCUT2D eigenvalue weighted by Gasteiger charge is -2.21. The highest BCUT2D eigenvalue weighted by Crippen LogP contribution is 2.18. The minimum Gasteiger partial charge on any atom is -0.493 e. The number of carbonyl (C=O) groups excluding carboxylic acids is 3. The molecule has 2 aromatic rings. The molecule has 0 aliphatic carbocycles. The van der Waals surface area contributed by atoms with Crippen LogP contribution in [0.4, 0.5) is 5.69 Å². The molecule has 0 aliphatic rings. The Labute approximate surface area is 176 Å². The van der Waals surface area contributed by atoms with Crippen molar-refractivity contribution in [3.63, 3.8) is 0 Å². The molecule has 2 amide bonds. The van der Waals surface area contributed by atoms with Crippen LogP contribution in [0.5, 0.6) is 5.75 Å². The maximum atomic E-state index is 12.7. The molecule has 2 rings (SSSR count). The molecule has 0 aromatic heterocycles. The van der Waals surface area contributed by atoms with E-state index in [9.17, 15) is 14.4 Å².